The topological polar surface area (TPSA) is 94.2 Å². The molecule has 42 heavy (non-hydrogen) atoms. The lowest BCUT2D eigenvalue weighted by Crippen LogP contribution is -2.36. The van der Waals surface area contributed by atoms with E-state index >= 15 is 0 Å². The van der Waals surface area contributed by atoms with Crippen LogP contribution in [0.15, 0.2) is 64.0 Å². The molecular weight excluding hydrogens is 648 g/mol. The number of halogens is 5. The Morgan fingerprint density at radius 1 is 1.05 bits per heavy atom. The SMILES string of the molecule is COc1ccc(C(F)(F)F)cc1NC(=O)CN1C(=O)S/C(=C\c2cc(Br)c(OCc3cccc(F)c3)c(OC)c2)C1=O. The summed E-state index contributed by atoms with van der Waals surface area (Å²) in [6, 6.07) is 11.6. The van der Waals surface area contributed by atoms with Gasteiger partial charge >= 0.3 is 6.18 Å². The van der Waals surface area contributed by atoms with E-state index < -0.39 is 41.2 Å². The maximum Gasteiger partial charge on any atom is 0.416 e. The highest BCUT2D eigenvalue weighted by molar-refractivity contribution is 9.10. The number of anilines is 1. The van der Waals surface area contributed by atoms with Crippen LogP contribution in [0.1, 0.15) is 16.7 Å². The second-order valence-corrected chi connectivity index (χ2v) is 10.5. The summed E-state index contributed by atoms with van der Waals surface area (Å²) in [6.45, 7) is -0.680. The third kappa shape index (κ3) is 7.23. The van der Waals surface area contributed by atoms with E-state index in [2.05, 4.69) is 21.2 Å². The number of benzene rings is 3. The Hall–Kier alpha value is -4.04. The molecule has 14 heteroatoms. The molecule has 8 nitrogen and oxygen atoms in total. The molecule has 4 rings (SSSR count). The van der Waals surface area contributed by atoms with Gasteiger partial charge in [0.15, 0.2) is 11.5 Å². The molecular formula is C28H21BrF4N2O6S. The number of imide groups is 1. The molecule has 220 valence electrons. The number of thioether (sulfide) groups is 1. The molecule has 0 bridgehead atoms. The van der Waals surface area contributed by atoms with E-state index in [9.17, 15) is 31.9 Å². The van der Waals surface area contributed by atoms with Crippen LogP contribution in [0.2, 0.25) is 0 Å². The number of rotatable bonds is 9. The minimum absolute atomic E-state index is 0.00633. The highest BCUT2D eigenvalue weighted by atomic mass is 79.9. The smallest absolute Gasteiger partial charge is 0.416 e. The van der Waals surface area contributed by atoms with Crippen LogP contribution in [0.3, 0.4) is 0 Å². The molecule has 0 saturated carbocycles. The number of amides is 3. The average molecular weight is 669 g/mol. The molecule has 3 aromatic rings. The van der Waals surface area contributed by atoms with E-state index in [1.54, 1.807) is 24.3 Å². The molecule has 1 N–H and O–H groups in total. The van der Waals surface area contributed by atoms with Gasteiger partial charge in [0.1, 0.15) is 24.7 Å². The van der Waals surface area contributed by atoms with Crippen molar-refractivity contribution in [2.24, 2.45) is 0 Å². The zero-order chi connectivity index (χ0) is 30.6. The summed E-state index contributed by atoms with van der Waals surface area (Å²) >= 11 is 3.99. The Balaban J connectivity index is 1.48. The second kappa shape index (κ2) is 12.9. The predicted molar refractivity (Wildman–Crippen MR) is 151 cm³/mol. The molecule has 1 fully saturated rings. The van der Waals surface area contributed by atoms with Gasteiger partial charge in [0, 0.05) is 0 Å². The normalized spacial score (nSPS) is 14.4. The van der Waals surface area contributed by atoms with Gasteiger partial charge in [-0.1, -0.05) is 12.1 Å². The Morgan fingerprint density at radius 3 is 2.45 bits per heavy atom. The molecule has 3 aromatic carbocycles. The fourth-order valence-electron chi connectivity index (χ4n) is 3.85. The molecule has 0 aliphatic carbocycles. The number of hydrogen-bond donors (Lipinski definition) is 1. The second-order valence-electron chi connectivity index (χ2n) is 8.68. The lowest BCUT2D eigenvalue weighted by atomic mass is 10.1. The number of nitrogens with one attached hydrogen (secondary N) is 1. The average Bonchev–Trinajstić information content (AvgIpc) is 3.18. The van der Waals surface area contributed by atoms with Crippen molar-refractivity contribution in [3.8, 4) is 17.2 Å². The first-order chi connectivity index (χ1) is 19.9. The maximum absolute atomic E-state index is 13.5. The predicted octanol–water partition coefficient (Wildman–Crippen LogP) is 6.88. The number of hydrogen-bond acceptors (Lipinski definition) is 7. The number of carbonyl (C=O) groups excluding carboxylic acids is 3. The van der Waals surface area contributed by atoms with Gasteiger partial charge in [-0.15, -0.1) is 0 Å². The van der Waals surface area contributed by atoms with Crippen LogP contribution in [-0.2, 0) is 22.4 Å². The lowest BCUT2D eigenvalue weighted by Gasteiger charge is -2.16. The van der Waals surface area contributed by atoms with E-state index in [1.807, 2.05) is 0 Å². The number of nitrogens with zero attached hydrogens (tertiary/aromatic N) is 1. The van der Waals surface area contributed by atoms with Gasteiger partial charge in [0.2, 0.25) is 5.91 Å². The third-order valence-corrected chi connectivity index (χ3v) is 7.29. The number of ether oxygens (including phenoxy) is 3. The summed E-state index contributed by atoms with van der Waals surface area (Å²) in [7, 11) is 2.63. The molecule has 1 aliphatic heterocycles. The third-order valence-electron chi connectivity index (χ3n) is 5.80. The monoisotopic (exact) mass is 668 g/mol. The van der Waals surface area contributed by atoms with E-state index in [0.29, 0.717) is 49.8 Å². The highest BCUT2D eigenvalue weighted by Gasteiger charge is 2.37. The van der Waals surface area contributed by atoms with Gasteiger partial charge in [-0.2, -0.15) is 13.2 Å². The van der Waals surface area contributed by atoms with Gasteiger partial charge < -0.3 is 19.5 Å². The minimum atomic E-state index is -4.66. The van der Waals surface area contributed by atoms with Crippen LogP contribution < -0.4 is 19.5 Å². The van der Waals surface area contributed by atoms with Crippen LogP contribution in [-0.4, -0.2) is 42.7 Å². The molecule has 3 amide bonds. The summed E-state index contributed by atoms with van der Waals surface area (Å²) in [5, 5.41) is 1.53. The van der Waals surface area contributed by atoms with E-state index in [-0.39, 0.29) is 22.9 Å². The highest BCUT2D eigenvalue weighted by Crippen LogP contribution is 2.40. The quantitative estimate of drug-likeness (QED) is 0.196. The van der Waals surface area contributed by atoms with E-state index in [1.165, 1.54) is 32.4 Å². The zero-order valence-corrected chi connectivity index (χ0v) is 24.3. The maximum atomic E-state index is 13.5. The molecule has 0 spiro atoms. The van der Waals surface area contributed by atoms with Crippen LogP contribution in [0.4, 0.5) is 28.0 Å². The number of methoxy groups -OCH3 is 2. The van der Waals surface area contributed by atoms with Crippen molar-refractivity contribution in [3.05, 3.63) is 86.5 Å². The summed E-state index contributed by atoms with van der Waals surface area (Å²) in [5.74, 6) is -1.49. The van der Waals surface area contributed by atoms with Gasteiger partial charge in [-0.3, -0.25) is 19.3 Å². The van der Waals surface area contributed by atoms with Crippen molar-refractivity contribution in [2.75, 3.05) is 26.1 Å². The number of alkyl halides is 3. The van der Waals surface area contributed by atoms with Crippen LogP contribution in [0.5, 0.6) is 17.2 Å². The van der Waals surface area contributed by atoms with E-state index in [4.69, 9.17) is 14.2 Å². The fourth-order valence-corrected chi connectivity index (χ4v) is 5.26. The van der Waals surface area contributed by atoms with Crippen LogP contribution in [0, 0.1) is 5.82 Å². The van der Waals surface area contributed by atoms with E-state index in [0.717, 1.165) is 12.1 Å². The zero-order valence-electron chi connectivity index (χ0n) is 21.9. The molecule has 1 aliphatic rings. The molecule has 0 radical (unpaired) electrons. The van der Waals surface area contributed by atoms with Gasteiger partial charge in [-0.05, 0) is 87.4 Å². The van der Waals surface area contributed by atoms with Gasteiger partial charge in [-0.25, -0.2) is 4.39 Å². The molecule has 1 heterocycles. The molecule has 1 saturated heterocycles. The van der Waals surface area contributed by atoms with Crippen molar-refractivity contribution in [2.45, 2.75) is 12.8 Å². The summed E-state index contributed by atoms with van der Waals surface area (Å²) < 4.78 is 69.5. The Bertz CT molecular complexity index is 1580. The molecule has 0 atom stereocenters. The number of carbonyl (C=O) groups is 3. The summed E-state index contributed by atoms with van der Waals surface area (Å²) in [6.07, 6.45) is -3.24. The van der Waals surface area contributed by atoms with Crippen molar-refractivity contribution < 1.29 is 46.2 Å². The van der Waals surface area contributed by atoms with Crippen molar-refractivity contribution in [1.29, 1.82) is 0 Å². The first-order valence-electron chi connectivity index (χ1n) is 11.9. The Kier molecular flexibility index (Phi) is 9.46. The van der Waals surface area contributed by atoms with Crippen molar-refractivity contribution in [1.82, 2.24) is 4.90 Å². The Morgan fingerprint density at radius 2 is 1.79 bits per heavy atom. The Labute approximate surface area is 249 Å². The molecule has 0 aromatic heterocycles. The van der Waals surface area contributed by atoms with Gasteiger partial charge in [0.25, 0.3) is 11.1 Å². The first kappa shape index (κ1) is 30.9. The van der Waals surface area contributed by atoms with Crippen molar-refractivity contribution in [3.63, 3.8) is 0 Å². The minimum Gasteiger partial charge on any atom is -0.495 e. The standard InChI is InChI=1S/C28H21BrF4N2O6S/c1-39-21-7-6-17(28(31,32)33)12-20(21)34-24(36)13-35-26(37)23(42-27(35)38)11-16-9-19(29)25(22(10-16)40-2)41-14-15-4-3-5-18(30)8-15/h3-12H,13-14H2,1-2H3,(H,34,36)/b23-11-. The summed E-state index contributed by atoms with van der Waals surface area (Å²) in [5.41, 5.74) is -0.228. The largest absolute Gasteiger partial charge is 0.495 e. The van der Waals surface area contributed by atoms with Gasteiger partial charge in [0.05, 0.1) is 34.8 Å². The van der Waals surface area contributed by atoms with Crippen LogP contribution >= 0.6 is 27.7 Å². The lowest BCUT2D eigenvalue weighted by molar-refractivity contribution is -0.137. The first-order valence-corrected chi connectivity index (χ1v) is 13.6. The summed E-state index contributed by atoms with van der Waals surface area (Å²) in [4.78, 5) is 38.8. The van der Waals surface area contributed by atoms with Crippen molar-refractivity contribution >= 4 is 56.5 Å². The molecule has 0 unspecified atom stereocenters. The van der Waals surface area contributed by atoms with Crippen LogP contribution in [0.25, 0.3) is 6.08 Å². The fraction of sp³-hybridized carbons (Fsp3) is 0.179.